The van der Waals surface area contributed by atoms with Gasteiger partial charge in [-0.1, -0.05) is 30.3 Å². The summed E-state index contributed by atoms with van der Waals surface area (Å²) in [7, 11) is 0. The zero-order chi connectivity index (χ0) is 23.9. The molecule has 4 aromatic rings. The van der Waals surface area contributed by atoms with Crippen LogP contribution in [0.5, 0.6) is 0 Å². The largest absolute Gasteiger partial charge is 0.322 e. The lowest BCUT2D eigenvalue weighted by molar-refractivity contribution is -0.123. The van der Waals surface area contributed by atoms with Crippen LogP contribution in [0.25, 0.3) is 22.2 Å². The first-order valence-electron chi connectivity index (χ1n) is 10.5. The van der Waals surface area contributed by atoms with Crippen molar-refractivity contribution >= 4 is 34.4 Å². The summed E-state index contributed by atoms with van der Waals surface area (Å²) < 4.78 is 13.4. The number of fused-ring (bicyclic) bond motifs is 1. The number of carbonyl (C=O) groups is 3. The van der Waals surface area contributed by atoms with E-state index in [1.165, 1.54) is 12.1 Å². The zero-order valence-corrected chi connectivity index (χ0v) is 18.1. The molecule has 0 spiro atoms. The molecule has 3 aromatic carbocycles. The minimum Gasteiger partial charge on any atom is -0.322 e. The molecule has 1 aliphatic heterocycles. The van der Waals surface area contributed by atoms with Gasteiger partial charge in [-0.2, -0.15) is 0 Å². The van der Waals surface area contributed by atoms with E-state index in [4.69, 9.17) is 0 Å². The smallest absolute Gasteiger partial charge is 0.322 e. The second kappa shape index (κ2) is 8.08. The quantitative estimate of drug-likeness (QED) is 0.399. The van der Waals surface area contributed by atoms with Crippen LogP contribution in [-0.4, -0.2) is 22.8 Å². The van der Waals surface area contributed by atoms with E-state index in [2.05, 4.69) is 20.9 Å². The zero-order valence-electron chi connectivity index (χ0n) is 18.1. The third-order valence-electron chi connectivity index (χ3n) is 5.84. The molecule has 1 saturated heterocycles. The Kier molecular flexibility index (Phi) is 5.05. The van der Waals surface area contributed by atoms with Crippen LogP contribution >= 0.6 is 0 Å². The molecule has 168 valence electrons. The van der Waals surface area contributed by atoms with Crippen molar-refractivity contribution in [2.24, 2.45) is 0 Å². The van der Waals surface area contributed by atoms with Crippen LogP contribution in [0.15, 0.2) is 78.9 Å². The Morgan fingerprint density at radius 2 is 1.74 bits per heavy atom. The molecule has 1 atom stereocenters. The van der Waals surface area contributed by atoms with Gasteiger partial charge in [0.25, 0.3) is 11.8 Å². The lowest BCUT2D eigenvalue weighted by Gasteiger charge is -2.21. The molecule has 0 saturated carbocycles. The highest BCUT2D eigenvalue weighted by Gasteiger charge is 2.43. The molecule has 0 aliphatic carbocycles. The van der Waals surface area contributed by atoms with E-state index in [0.717, 1.165) is 0 Å². The second-order valence-electron chi connectivity index (χ2n) is 8.15. The Hall–Kier alpha value is -4.59. The molecule has 1 fully saturated rings. The van der Waals surface area contributed by atoms with Crippen molar-refractivity contribution in [1.82, 2.24) is 15.6 Å². The molecule has 3 N–H and O–H groups in total. The fourth-order valence-electron chi connectivity index (χ4n) is 3.98. The SMILES string of the molecule is CC1(c2cccc(NC(=O)c3cc(-c4ccc(F)cc4)nc4ccccc34)c2)NC(=O)NC1=O. The molecule has 1 aromatic heterocycles. The maximum absolute atomic E-state index is 13.4. The van der Waals surface area contributed by atoms with Crippen LogP contribution in [0.1, 0.15) is 22.8 Å². The predicted octanol–water partition coefficient (Wildman–Crippen LogP) is 4.35. The van der Waals surface area contributed by atoms with E-state index in [9.17, 15) is 18.8 Å². The standard InChI is InChI=1S/C26H19FN4O3/c1-26(24(33)30-25(34)31-26)16-5-4-6-18(13-16)28-23(32)20-14-22(15-9-11-17(27)12-10-15)29-21-8-3-2-7-19(20)21/h2-14H,1H3,(H,28,32)(H2,30,31,33,34). The summed E-state index contributed by atoms with van der Waals surface area (Å²) in [5.74, 6) is -1.20. The highest BCUT2D eigenvalue weighted by molar-refractivity contribution is 6.13. The summed E-state index contributed by atoms with van der Waals surface area (Å²) in [4.78, 5) is 41.9. The maximum atomic E-state index is 13.4. The first-order valence-corrected chi connectivity index (χ1v) is 10.5. The average molecular weight is 454 g/mol. The Labute approximate surface area is 194 Å². The molecular formula is C26H19FN4O3. The number of halogens is 1. The number of nitrogens with zero attached hydrogens (tertiary/aromatic N) is 1. The number of rotatable bonds is 4. The summed E-state index contributed by atoms with van der Waals surface area (Å²) in [6.07, 6.45) is 0. The minimum atomic E-state index is -1.24. The second-order valence-corrected chi connectivity index (χ2v) is 8.15. The van der Waals surface area contributed by atoms with Gasteiger partial charge in [0.15, 0.2) is 0 Å². The van der Waals surface area contributed by atoms with Crippen molar-refractivity contribution in [3.05, 3.63) is 95.8 Å². The number of imide groups is 1. The molecule has 2 heterocycles. The molecule has 4 amide bonds. The molecule has 8 heteroatoms. The van der Waals surface area contributed by atoms with Gasteiger partial charge in [0.1, 0.15) is 11.4 Å². The normalized spacial score (nSPS) is 17.4. The Morgan fingerprint density at radius 1 is 0.971 bits per heavy atom. The van der Waals surface area contributed by atoms with Crippen molar-refractivity contribution in [2.75, 3.05) is 5.32 Å². The lowest BCUT2D eigenvalue weighted by Crippen LogP contribution is -2.40. The number of para-hydroxylation sites is 1. The van der Waals surface area contributed by atoms with Gasteiger partial charge in [-0.25, -0.2) is 14.2 Å². The van der Waals surface area contributed by atoms with Crippen LogP contribution in [0.3, 0.4) is 0 Å². The van der Waals surface area contributed by atoms with Crippen LogP contribution in [0.4, 0.5) is 14.9 Å². The number of aromatic nitrogens is 1. The molecule has 0 bridgehead atoms. The number of anilines is 1. The van der Waals surface area contributed by atoms with Crippen molar-refractivity contribution in [2.45, 2.75) is 12.5 Å². The van der Waals surface area contributed by atoms with Crippen molar-refractivity contribution < 1.29 is 18.8 Å². The van der Waals surface area contributed by atoms with Gasteiger partial charge in [-0.05, 0) is 61.0 Å². The third kappa shape index (κ3) is 3.75. The number of carbonyl (C=O) groups excluding carboxylic acids is 3. The van der Waals surface area contributed by atoms with Gasteiger partial charge in [-0.15, -0.1) is 0 Å². The van der Waals surface area contributed by atoms with Gasteiger partial charge in [0.05, 0.1) is 16.8 Å². The van der Waals surface area contributed by atoms with Crippen molar-refractivity contribution in [3.63, 3.8) is 0 Å². The number of hydrogen-bond donors (Lipinski definition) is 3. The topological polar surface area (TPSA) is 100 Å². The molecular weight excluding hydrogens is 435 g/mol. The highest BCUT2D eigenvalue weighted by atomic mass is 19.1. The van der Waals surface area contributed by atoms with E-state index in [0.29, 0.717) is 39.0 Å². The van der Waals surface area contributed by atoms with Gasteiger partial charge in [-0.3, -0.25) is 14.9 Å². The van der Waals surface area contributed by atoms with Gasteiger partial charge in [0, 0.05) is 16.6 Å². The first-order chi connectivity index (χ1) is 16.3. The number of pyridine rings is 1. The highest BCUT2D eigenvalue weighted by Crippen LogP contribution is 2.28. The lowest BCUT2D eigenvalue weighted by atomic mass is 9.92. The van der Waals surface area contributed by atoms with E-state index in [-0.39, 0.29) is 11.7 Å². The summed E-state index contributed by atoms with van der Waals surface area (Å²) in [6.45, 7) is 1.60. The molecule has 1 unspecified atom stereocenters. The van der Waals surface area contributed by atoms with Crippen LogP contribution in [-0.2, 0) is 10.3 Å². The molecule has 34 heavy (non-hydrogen) atoms. The average Bonchev–Trinajstić information content (AvgIpc) is 3.11. The molecule has 1 aliphatic rings. The number of urea groups is 1. The fourth-order valence-corrected chi connectivity index (χ4v) is 3.98. The van der Waals surface area contributed by atoms with Gasteiger partial charge >= 0.3 is 6.03 Å². The number of benzene rings is 3. The van der Waals surface area contributed by atoms with Crippen LogP contribution in [0, 0.1) is 5.82 Å². The number of nitrogens with one attached hydrogen (secondary N) is 3. The minimum absolute atomic E-state index is 0.358. The maximum Gasteiger partial charge on any atom is 0.322 e. The van der Waals surface area contributed by atoms with Gasteiger partial charge < -0.3 is 10.6 Å². The summed E-state index contributed by atoms with van der Waals surface area (Å²) in [6, 6.07) is 21.0. The van der Waals surface area contributed by atoms with E-state index < -0.39 is 17.5 Å². The first kappa shape index (κ1) is 21.3. The number of amides is 4. The van der Waals surface area contributed by atoms with E-state index in [1.807, 2.05) is 24.3 Å². The molecule has 5 rings (SSSR count). The van der Waals surface area contributed by atoms with Crippen LogP contribution < -0.4 is 16.0 Å². The molecule has 0 radical (unpaired) electrons. The monoisotopic (exact) mass is 454 g/mol. The number of hydrogen-bond acceptors (Lipinski definition) is 4. The van der Waals surface area contributed by atoms with E-state index in [1.54, 1.807) is 49.4 Å². The van der Waals surface area contributed by atoms with E-state index >= 15 is 0 Å². The molecule has 7 nitrogen and oxygen atoms in total. The Morgan fingerprint density at radius 3 is 2.47 bits per heavy atom. The Bertz CT molecular complexity index is 1470. The third-order valence-corrected chi connectivity index (χ3v) is 5.84. The fraction of sp³-hybridized carbons (Fsp3) is 0.0769. The van der Waals surface area contributed by atoms with Crippen molar-refractivity contribution in [3.8, 4) is 11.3 Å². The Balaban J connectivity index is 1.51. The van der Waals surface area contributed by atoms with Gasteiger partial charge in [0.2, 0.25) is 0 Å². The summed E-state index contributed by atoms with van der Waals surface area (Å²) >= 11 is 0. The van der Waals surface area contributed by atoms with Crippen molar-refractivity contribution in [1.29, 1.82) is 0 Å². The summed E-state index contributed by atoms with van der Waals surface area (Å²) in [5.41, 5.74) is 1.99. The van der Waals surface area contributed by atoms with Crippen LogP contribution in [0.2, 0.25) is 0 Å². The summed E-state index contributed by atoms with van der Waals surface area (Å²) in [5, 5.41) is 8.38. The predicted molar refractivity (Wildman–Crippen MR) is 126 cm³/mol.